The molecule has 0 atom stereocenters. The van der Waals surface area contributed by atoms with E-state index in [4.69, 9.17) is 5.73 Å². The molecule has 4 heteroatoms. The van der Waals surface area contributed by atoms with E-state index in [-0.39, 0.29) is 5.56 Å². The number of aromatic hydroxyl groups is 1. The van der Waals surface area contributed by atoms with E-state index in [2.05, 4.69) is 6.58 Å². The Morgan fingerprint density at radius 1 is 1.43 bits per heavy atom. The second-order valence-corrected chi connectivity index (χ2v) is 2.93. The fraction of sp³-hybridized carbons (Fsp3) is 0.200. The molecule has 1 aromatic rings. The Balaban J connectivity index is 3.13. The van der Waals surface area contributed by atoms with E-state index in [1.54, 1.807) is 0 Å². The summed E-state index contributed by atoms with van der Waals surface area (Å²) in [6, 6.07) is 1.66. The Hall–Kier alpha value is -1.42. The first-order valence-electron chi connectivity index (χ1n) is 4.12. The van der Waals surface area contributed by atoms with Crippen molar-refractivity contribution in [2.24, 2.45) is 5.73 Å². The van der Waals surface area contributed by atoms with Gasteiger partial charge in [-0.1, -0.05) is 6.58 Å². The number of phenols is 1. The van der Waals surface area contributed by atoms with E-state index in [9.17, 15) is 13.9 Å². The van der Waals surface area contributed by atoms with Crippen molar-refractivity contribution in [3.63, 3.8) is 0 Å². The van der Waals surface area contributed by atoms with Crippen molar-refractivity contribution in [3.05, 3.63) is 35.9 Å². The molecule has 0 aliphatic heterocycles. The van der Waals surface area contributed by atoms with Crippen LogP contribution < -0.4 is 5.73 Å². The van der Waals surface area contributed by atoms with Crippen LogP contribution in [0.15, 0.2) is 18.7 Å². The molecule has 0 aromatic heterocycles. The van der Waals surface area contributed by atoms with Crippen molar-refractivity contribution in [3.8, 4) is 5.75 Å². The van der Waals surface area contributed by atoms with Crippen LogP contribution >= 0.6 is 0 Å². The first kappa shape index (κ1) is 10.7. The van der Waals surface area contributed by atoms with Crippen LogP contribution in [0.3, 0.4) is 0 Å². The molecule has 1 rings (SSSR count). The van der Waals surface area contributed by atoms with Crippen LogP contribution in [-0.4, -0.2) is 11.7 Å². The zero-order valence-corrected chi connectivity index (χ0v) is 7.56. The van der Waals surface area contributed by atoms with E-state index in [1.165, 1.54) is 0 Å². The minimum Gasteiger partial charge on any atom is -0.504 e. The standard InChI is InChI=1S/C10H11F2NO/c1-6(2-3-13)8-4-7(11)5-9(12)10(8)14/h4-5,14H,1-3,13H2. The van der Waals surface area contributed by atoms with Crippen molar-refractivity contribution in [2.75, 3.05) is 6.54 Å². The van der Waals surface area contributed by atoms with Crippen LogP contribution in [0, 0.1) is 11.6 Å². The fourth-order valence-electron chi connectivity index (χ4n) is 1.14. The van der Waals surface area contributed by atoms with Crippen LogP contribution in [0.4, 0.5) is 8.78 Å². The molecule has 14 heavy (non-hydrogen) atoms. The highest BCUT2D eigenvalue weighted by atomic mass is 19.1. The topological polar surface area (TPSA) is 46.2 Å². The third-order valence-corrected chi connectivity index (χ3v) is 1.86. The fourth-order valence-corrected chi connectivity index (χ4v) is 1.14. The highest BCUT2D eigenvalue weighted by molar-refractivity contribution is 5.68. The summed E-state index contributed by atoms with van der Waals surface area (Å²) in [5.74, 6) is -2.31. The number of hydrogen-bond donors (Lipinski definition) is 2. The van der Waals surface area contributed by atoms with Crippen LogP contribution in [0.2, 0.25) is 0 Å². The minimum atomic E-state index is -0.988. The highest BCUT2D eigenvalue weighted by Gasteiger charge is 2.11. The average molecular weight is 199 g/mol. The van der Waals surface area contributed by atoms with Gasteiger partial charge in [-0.25, -0.2) is 8.78 Å². The molecule has 0 aliphatic carbocycles. The largest absolute Gasteiger partial charge is 0.504 e. The number of phenolic OH excluding ortho intramolecular Hbond substituents is 1. The van der Waals surface area contributed by atoms with E-state index in [0.717, 1.165) is 6.07 Å². The van der Waals surface area contributed by atoms with Crippen molar-refractivity contribution in [2.45, 2.75) is 6.42 Å². The van der Waals surface area contributed by atoms with Gasteiger partial charge in [-0.15, -0.1) is 0 Å². The van der Waals surface area contributed by atoms with Crippen molar-refractivity contribution < 1.29 is 13.9 Å². The molecule has 0 saturated carbocycles. The number of rotatable bonds is 3. The first-order chi connectivity index (χ1) is 6.56. The molecule has 0 amide bonds. The Morgan fingerprint density at radius 2 is 2.07 bits per heavy atom. The van der Waals surface area contributed by atoms with Gasteiger partial charge < -0.3 is 10.8 Å². The summed E-state index contributed by atoms with van der Waals surface area (Å²) in [5, 5.41) is 9.28. The van der Waals surface area contributed by atoms with Gasteiger partial charge in [0, 0.05) is 11.6 Å². The lowest BCUT2D eigenvalue weighted by Gasteiger charge is -2.07. The van der Waals surface area contributed by atoms with Crippen LogP contribution in [0.5, 0.6) is 5.75 Å². The molecule has 0 bridgehead atoms. The van der Waals surface area contributed by atoms with Gasteiger partial charge in [0.05, 0.1) is 0 Å². The molecular formula is C10H11F2NO. The Kier molecular flexibility index (Phi) is 3.19. The molecule has 0 aliphatic rings. The van der Waals surface area contributed by atoms with Gasteiger partial charge >= 0.3 is 0 Å². The molecule has 0 radical (unpaired) electrons. The maximum absolute atomic E-state index is 12.9. The third kappa shape index (κ3) is 2.09. The van der Waals surface area contributed by atoms with Gasteiger partial charge in [0.2, 0.25) is 0 Å². The summed E-state index contributed by atoms with van der Waals surface area (Å²) < 4.78 is 25.7. The average Bonchev–Trinajstić information content (AvgIpc) is 2.11. The Labute approximate surface area is 80.7 Å². The summed E-state index contributed by atoms with van der Waals surface area (Å²) in [5.41, 5.74) is 5.76. The molecular weight excluding hydrogens is 188 g/mol. The van der Waals surface area contributed by atoms with Gasteiger partial charge in [-0.05, 0) is 24.6 Å². The summed E-state index contributed by atoms with van der Waals surface area (Å²) in [6.45, 7) is 3.90. The van der Waals surface area contributed by atoms with Gasteiger partial charge in [0.1, 0.15) is 5.82 Å². The second kappa shape index (κ2) is 4.19. The summed E-state index contributed by atoms with van der Waals surface area (Å²) in [6.07, 6.45) is 0.385. The molecule has 0 fully saturated rings. The van der Waals surface area contributed by atoms with Crippen LogP contribution in [0.1, 0.15) is 12.0 Å². The SMILES string of the molecule is C=C(CCN)c1cc(F)cc(F)c1O. The van der Waals surface area contributed by atoms with Crippen LogP contribution in [0.25, 0.3) is 5.57 Å². The van der Waals surface area contributed by atoms with E-state index in [1.807, 2.05) is 0 Å². The molecule has 2 nitrogen and oxygen atoms in total. The number of benzene rings is 1. The predicted octanol–water partition coefficient (Wildman–Crippen LogP) is 2.03. The normalized spacial score (nSPS) is 10.2. The first-order valence-corrected chi connectivity index (χ1v) is 4.12. The predicted molar refractivity (Wildman–Crippen MR) is 50.7 cm³/mol. The molecule has 0 spiro atoms. The van der Waals surface area contributed by atoms with Gasteiger partial charge in [0.25, 0.3) is 0 Å². The van der Waals surface area contributed by atoms with Gasteiger partial charge in [-0.3, -0.25) is 0 Å². The monoisotopic (exact) mass is 199 g/mol. The molecule has 76 valence electrons. The minimum absolute atomic E-state index is 0.0768. The summed E-state index contributed by atoms with van der Waals surface area (Å²) in [7, 11) is 0. The van der Waals surface area contributed by atoms with Crippen molar-refractivity contribution in [1.82, 2.24) is 0 Å². The smallest absolute Gasteiger partial charge is 0.168 e. The van der Waals surface area contributed by atoms with Crippen molar-refractivity contribution >= 4 is 5.57 Å². The number of nitrogens with two attached hydrogens (primary N) is 1. The van der Waals surface area contributed by atoms with Gasteiger partial charge in [0.15, 0.2) is 11.6 Å². The molecule has 1 aromatic carbocycles. The number of halogens is 2. The quantitative estimate of drug-likeness (QED) is 0.782. The lowest BCUT2D eigenvalue weighted by molar-refractivity contribution is 0.426. The third-order valence-electron chi connectivity index (χ3n) is 1.86. The lowest BCUT2D eigenvalue weighted by Crippen LogP contribution is -2.00. The highest BCUT2D eigenvalue weighted by Crippen LogP contribution is 2.29. The molecule has 0 saturated heterocycles. The molecule has 0 unspecified atom stereocenters. The molecule has 0 heterocycles. The maximum atomic E-state index is 12.9. The van der Waals surface area contributed by atoms with Gasteiger partial charge in [-0.2, -0.15) is 0 Å². The Morgan fingerprint density at radius 3 is 2.64 bits per heavy atom. The lowest BCUT2D eigenvalue weighted by atomic mass is 10.0. The van der Waals surface area contributed by atoms with E-state index >= 15 is 0 Å². The van der Waals surface area contributed by atoms with Crippen LogP contribution in [-0.2, 0) is 0 Å². The number of hydrogen-bond acceptors (Lipinski definition) is 2. The van der Waals surface area contributed by atoms with E-state index in [0.29, 0.717) is 24.6 Å². The maximum Gasteiger partial charge on any atom is 0.168 e. The zero-order valence-electron chi connectivity index (χ0n) is 7.56. The summed E-state index contributed by atoms with van der Waals surface area (Å²) in [4.78, 5) is 0. The summed E-state index contributed by atoms with van der Waals surface area (Å²) >= 11 is 0. The van der Waals surface area contributed by atoms with E-state index < -0.39 is 17.4 Å². The Bertz CT molecular complexity index is 363. The zero-order chi connectivity index (χ0) is 10.7. The molecule has 3 N–H and O–H groups in total. The van der Waals surface area contributed by atoms with Crippen molar-refractivity contribution in [1.29, 1.82) is 0 Å². The second-order valence-electron chi connectivity index (χ2n) is 2.93.